The normalized spacial score (nSPS) is 10.2. The summed E-state index contributed by atoms with van der Waals surface area (Å²) < 4.78 is 4.95. The second kappa shape index (κ2) is 6.41. The number of hydrogen-bond donors (Lipinski definition) is 2. The van der Waals surface area contributed by atoms with Crippen molar-refractivity contribution in [2.24, 2.45) is 0 Å². The number of carbonyl (C=O) groups is 2. The number of nitrogens with one attached hydrogen (secondary N) is 1. The Kier molecular flexibility index (Phi) is 4.59. The molecule has 110 valence electrons. The number of thiophene rings is 1. The van der Waals surface area contributed by atoms with Crippen molar-refractivity contribution in [2.75, 3.05) is 17.7 Å². The van der Waals surface area contributed by atoms with E-state index >= 15 is 0 Å². The van der Waals surface area contributed by atoms with E-state index < -0.39 is 5.97 Å². The Labute approximate surface area is 126 Å². The molecule has 0 fully saturated rings. The van der Waals surface area contributed by atoms with E-state index in [4.69, 9.17) is 10.5 Å². The van der Waals surface area contributed by atoms with Gasteiger partial charge in [-0.1, -0.05) is 0 Å². The number of nitrogen functional groups attached to an aromatic ring is 1. The second-order valence-electron chi connectivity index (χ2n) is 4.41. The Morgan fingerprint density at radius 2 is 2.05 bits per heavy atom. The van der Waals surface area contributed by atoms with Gasteiger partial charge in [-0.15, -0.1) is 11.3 Å². The third-order valence-electron chi connectivity index (χ3n) is 2.88. The zero-order valence-corrected chi connectivity index (χ0v) is 12.6. The maximum atomic E-state index is 12.3. The van der Waals surface area contributed by atoms with Gasteiger partial charge in [0.15, 0.2) is 0 Å². The number of ether oxygens (including phenoxy) is 1. The number of amides is 1. The molecule has 3 N–H and O–H groups in total. The zero-order valence-electron chi connectivity index (χ0n) is 11.8. The van der Waals surface area contributed by atoms with Crippen molar-refractivity contribution in [1.82, 2.24) is 0 Å². The third-order valence-corrected chi connectivity index (χ3v) is 3.71. The molecule has 1 amide bonds. The standard InChI is InChI=1S/C15H16N2O3S/c1-3-20-15(19)12-6-7-21-14(12)17-13(18)11-5-4-10(16)8-9(11)2/h4-8H,3,16H2,1-2H3,(H,17,18). The summed E-state index contributed by atoms with van der Waals surface area (Å²) in [7, 11) is 0. The fraction of sp³-hybridized carbons (Fsp3) is 0.200. The number of aryl methyl sites for hydroxylation is 1. The molecule has 0 aliphatic heterocycles. The Morgan fingerprint density at radius 3 is 2.71 bits per heavy atom. The van der Waals surface area contributed by atoms with Gasteiger partial charge in [-0.3, -0.25) is 4.79 Å². The maximum Gasteiger partial charge on any atom is 0.341 e. The van der Waals surface area contributed by atoms with E-state index in [0.717, 1.165) is 5.56 Å². The van der Waals surface area contributed by atoms with Crippen molar-refractivity contribution in [3.05, 3.63) is 46.3 Å². The molecular weight excluding hydrogens is 288 g/mol. The van der Waals surface area contributed by atoms with Gasteiger partial charge in [0, 0.05) is 11.3 Å². The number of benzene rings is 1. The lowest BCUT2D eigenvalue weighted by Crippen LogP contribution is -2.15. The van der Waals surface area contributed by atoms with Crippen LogP contribution in [0.25, 0.3) is 0 Å². The summed E-state index contributed by atoms with van der Waals surface area (Å²) in [6.45, 7) is 3.84. The molecule has 1 aromatic heterocycles. The van der Waals surface area contributed by atoms with Gasteiger partial charge in [0.2, 0.25) is 0 Å². The van der Waals surface area contributed by atoms with Crippen molar-refractivity contribution in [1.29, 1.82) is 0 Å². The highest BCUT2D eigenvalue weighted by atomic mass is 32.1. The average molecular weight is 304 g/mol. The van der Waals surface area contributed by atoms with Crippen molar-refractivity contribution in [2.45, 2.75) is 13.8 Å². The zero-order chi connectivity index (χ0) is 15.4. The van der Waals surface area contributed by atoms with Crippen molar-refractivity contribution < 1.29 is 14.3 Å². The quantitative estimate of drug-likeness (QED) is 0.672. The molecule has 1 heterocycles. The van der Waals surface area contributed by atoms with E-state index in [1.165, 1.54) is 11.3 Å². The summed E-state index contributed by atoms with van der Waals surface area (Å²) in [5, 5.41) is 4.96. The molecule has 5 nitrogen and oxygen atoms in total. The van der Waals surface area contributed by atoms with E-state index in [2.05, 4.69) is 5.32 Å². The van der Waals surface area contributed by atoms with Crippen molar-refractivity contribution in [3.63, 3.8) is 0 Å². The van der Waals surface area contributed by atoms with Crippen LogP contribution in [0.15, 0.2) is 29.6 Å². The van der Waals surface area contributed by atoms with E-state index in [0.29, 0.717) is 28.4 Å². The topological polar surface area (TPSA) is 81.4 Å². The number of anilines is 2. The van der Waals surface area contributed by atoms with Crippen LogP contribution in [0.2, 0.25) is 0 Å². The lowest BCUT2D eigenvalue weighted by Gasteiger charge is -2.08. The van der Waals surface area contributed by atoms with Crippen molar-refractivity contribution >= 4 is 33.9 Å². The molecule has 0 radical (unpaired) electrons. The van der Waals surface area contributed by atoms with Gasteiger partial charge >= 0.3 is 5.97 Å². The van der Waals surface area contributed by atoms with Crippen LogP contribution in [0.1, 0.15) is 33.2 Å². The van der Waals surface area contributed by atoms with Gasteiger partial charge in [0.25, 0.3) is 5.91 Å². The van der Waals surface area contributed by atoms with Gasteiger partial charge in [-0.25, -0.2) is 4.79 Å². The molecule has 21 heavy (non-hydrogen) atoms. The first-order valence-corrected chi connectivity index (χ1v) is 7.33. The molecule has 0 atom stereocenters. The molecule has 0 aliphatic rings. The van der Waals surface area contributed by atoms with Gasteiger partial charge < -0.3 is 15.8 Å². The van der Waals surface area contributed by atoms with Crippen LogP contribution in [0, 0.1) is 6.92 Å². The van der Waals surface area contributed by atoms with Gasteiger partial charge in [-0.2, -0.15) is 0 Å². The summed E-state index contributed by atoms with van der Waals surface area (Å²) in [5.74, 6) is -0.719. The van der Waals surface area contributed by atoms with E-state index in [1.54, 1.807) is 36.6 Å². The second-order valence-corrected chi connectivity index (χ2v) is 5.33. The highest BCUT2D eigenvalue weighted by Gasteiger charge is 2.17. The molecule has 0 unspecified atom stereocenters. The predicted octanol–water partition coefficient (Wildman–Crippen LogP) is 3.07. The number of carbonyl (C=O) groups excluding carboxylic acids is 2. The summed E-state index contributed by atoms with van der Waals surface area (Å²) in [4.78, 5) is 24.1. The van der Waals surface area contributed by atoms with Crippen LogP contribution >= 0.6 is 11.3 Å². The minimum atomic E-state index is -0.442. The summed E-state index contributed by atoms with van der Waals surface area (Å²) >= 11 is 1.28. The average Bonchev–Trinajstić information content (AvgIpc) is 2.87. The molecule has 2 rings (SSSR count). The first-order chi connectivity index (χ1) is 10.0. The Bertz CT molecular complexity index is 679. The number of nitrogens with two attached hydrogens (primary N) is 1. The van der Waals surface area contributed by atoms with Crippen LogP contribution in [0.5, 0.6) is 0 Å². The largest absolute Gasteiger partial charge is 0.462 e. The highest BCUT2D eigenvalue weighted by molar-refractivity contribution is 7.14. The van der Waals surface area contributed by atoms with E-state index in [1.807, 2.05) is 6.92 Å². The van der Waals surface area contributed by atoms with Crippen LogP contribution in [-0.2, 0) is 4.74 Å². The molecule has 0 aliphatic carbocycles. The summed E-state index contributed by atoms with van der Waals surface area (Å²) in [6, 6.07) is 6.70. The third kappa shape index (κ3) is 3.41. The monoisotopic (exact) mass is 304 g/mol. The van der Waals surface area contributed by atoms with Gasteiger partial charge in [0.1, 0.15) is 5.00 Å². The first-order valence-electron chi connectivity index (χ1n) is 6.45. The highest BCUT2D eigenvalue weighted by Crippen LogP contribution is 2.25. The molecule has 1 aromatic carbocycles. The molecule has 0 saturated heterocycles. The Morgan fingerprint density at radius 1 is 1.29 bits per heavy atom. The number of hydrogen-bond acceptors (Lipinski definition) is 5. The lowest BCUT2D eigenvalue weighted by atomic mass is 10.1. The molecular formula is C15H16N2O3S. The fourth-order valence-electron chi connectivity index (χ4n) is 1.89. The summed E-state index contributed by atoms with van der Waals surface area (Å²) in [5.41, 5.74) is 7.94. The Hall–Kier alpha value is -2.34. The molecule has 0 spiro atoms. The first kappa shape index (κ1) is 15.1. The van der Waals surface area contributed by atoms with Crippen LogP contribution in [-0.4, -0.2) is 18.5 Å². The number of rotatable bonds is 4. The van der Waals surface area contributed by atoms with Crippen LogP contribution in [0.3, 0.4) is 0 Å². The lowest BCUT2D eigenvalue weighted by molar-refractivity contribution is 0.0528. The summed E-state index contributed by atoms with van der Waals surface area (Å²) in [6.07, 6.45) is 0. The molecule has 2 aromatic rings. The Balaban J connectivity index is 2.20. The molecule has 6 heteroatoms. The van der Waals surface area contributed by atoms with Crippen LogP contribution < -0.4 is 11.1 Å². The van der Waals surface area contributed by atoms with Gasteiger partial charge in [-0.05, 0) is 49.1 Å². The smallest absolute Gasteiger partial charge is 0.341 e. The minimum absolute atomic E-state index is 0.277. The minimum Gasteiger partial charge on any atom is -0.462 e. The number of esters is 1. The van der Waals surface area contributed by atoms with Gasteiger partial charge in [0.05, 0.1) is 12.2 Å². The SMILES string of the molecule is CCOC(=O)c1ccsc1NC(=O)c1ccc(N)cc1C. The van der Waals surface area contributed by atoms with E-state index in [9.17, 15) is 9.59 Å². The van der Waals surface area contributed by atoms with E-state index in [-0.39, 0.29) is 5.91 Å². The molecule has 0 saturated carbocycles. The van der Waals surface area contributed by atoms with Crippen LogP contribution in [0.4, 0.5) is 10.7 Å². The maximum absolute atomic E-state index is 12.3. The van der Waals surface area contributed by atoms with Crippen molar-refractivity contribution in [3.8, 4) is 0 Å². The predicted molar refractivity (Wildman–Crippen MR) is 83.8 cm³/mol. The molecule has 0 bridgehead atoms. The fourth-order valence-corrected chi connectivity index (χ4v) is 2.66.